The molecule has 0 bridgehead atoms. The van der Waals surface area contributed by atoms with Gasteiger partial charge in [-0.15, -0.1) is 0 Å². The van der Waals surface area contributed by atoms with Crippen LogP contribution in [0, 0.1) is 18.5 Å². The summed E-state index contributed by atoms with van der Waals surface area (Å²) in [4.78, 5) is 0. The Bertz CT molecular complexity index is 722. The highest BCUT2D eigenvalue weighted by molar-refractivity contribution is 7.71. The van der Waals surface area contributed by atoms with Crippen LogP contribution in [0.15, 0.2) is 12.1 Å². The van der Waals surface area contributed by atoms with Gasteiger partial charge >= 0.3 is 6.61 Å². The molecular weight excluding hydrogens is 308 g/mol. The lowest BCUT2D eigenvalue weighted by atomic mass is 10.1. The first-order chi connectivity index (χ1) is 9.85. The molecule has 2 heterocycles. The summed E-state index contributed by atoms with van der Waals surface area (Å²) in [5.41, 5.74) is 3.34. The van der Waals surface area contributed by atoms with Crippen molar-refractivity contribution in [3.05, 3.63) is 27.9 Å². The van der Waals surface area contributed by atoms with Gasteiger partial charge in [0, 0.05) is 19.7 Å². The molecule has 0 spiro atoms. The van der Waals surface area contributed by atoms with E-state index in [1.165, 1.54) is 10.7 Å². The molecule has 4 nitrogen and oxygen atoms in total. The van der Waals surface area contributed by atoms with Gasteiger partial charge in [0.15, 0.2) is 0 Å². The molecule has 0 aromatic carbocycles. The Labute approximate surface area is 134 Å². The van der Waals surface area contributed by atoms with E-state index in [1.807, 2.05) is 38.5 Å². The summed E-state index contributed by atoms with van der Waals surface area (Å²) in [6.45, 7) is 3.26. The van der Waals surface area contributed by atoms with Crippen molar-refractivity contribution in [1.82, 2.24) is 14.3 Å². The van der Waals surface area contributed by atoms with Crippen molar-refractivity contribution < 1.29 is 13.5 Å². The summed E-state index contributed by atoms with van der Waals surface area (Å²) < 4.78 is 33.3. The summed E-state index contributed by atoms with van der Waals surface area (Å²) in [7, 11) is 1.84. The van der Waals surface area contributed by atoms with E-state index in [9.17, 15) is 8.78 Å². The van der Waals surface area contributed by atoms with Crippen molar-refractivity contribution in [3.8, 4) is 17.3 Å². The van der Waals surface area contributed by atoms with E-state index in [0.29, 0.717) is 16.9 Å². The van der Waals surface area contributed by atoms with Crippen LogP contribution in [0.3, 0.4) is 0 Å². The molecular formula is C15H21F2N3OS. The van der Waals surface area contributed by atoms with E-state index >= 15 is 0 Å². The van der Waals surface area contributed by atoms with Crippen LogP contribution in [0.2, 0.25) is 0 Å². The number of hydrogen-bond acceptors (Lipinski definition) is 3. The van der Waals surface area contributed by atoms with Gasteiger partial charge in [-0.1, -0.05) is 25.7 Å². The quantitative estimate of drug-likeness (QED) is 0.775. The molecule has 0 atom stereocenters. The Hall–Kier alpha value is -1.76. The average Bonchev–Trinajstić information content (AvgIpc) is 2.78. The number of aromatic nitrogens is 3. The molecule has 0 saturated heterocycles. The lowest BCUT2D eigenvalue weighted by Gasteiger charge is -2.12. The monoisotopic (exact) mass is 329 g/mol. The van der Waals surface area contributed by atoms with Gasteiger partial charge in [0.2, 0.25) is 5.88 Å². The van der Waals surface area contributed by atoms with Gasteiger partial charge in [-0.3, -0.25) is 0 Å². The molecule has 2 aromatic rings. The van der Waals surface area contributed by atoms with Crippen LogP contribution >= 0.6 is 12.2 Å². The molecule has 0 aliphatic carbocycles. The number of halogens is 2. The number of nitrogens with zero attached hydrogens (tertiary/aromatic N) is 3. The molecule has 0 aliphatic rings. The fourth-order valence-corrected chi connectivity index (χ4v) is 2.54. The lowest BCUT2D eigenvalue weighted by molar-refractivity contribution is -0.0557. The third-order valence-electron chi connectivity index (χ3n) is 3.28. The summed E-state index contributed by atoms with van der Waals surface area (Å²) in [6, 6.07) is 3.48. The molecule has 0 N–H and O–H groups in total. The van der Waals surface area contributed by atoms with Crippen LogP contribution in [0.25, 0.3) is 11.4 Å². The second-order valence-corrected chi connectivity index (χ2v) is 5.17. The zero-order chi connectivity index (χ0) is 15.7. The Balaban J connectivity index is 0.00000242. The highest BCUT2D eigenvalue weighted by atomic mass is 32.1. The standard InChI is InChI=1S/C14H17F2N3OS.CH4/c1-5-19-11(20-14(15)16)7-10(17-19)12-8(2)6-9(3)13(21)18(12)4;/h6-7,14H,5H2,1-4H3;1H4. The SMILES string of the molecule is C.CCn1nc(-c2c(C)cc(C)c(=S)n2C)cc1OC(F)F. The second-order valence-electron chi connectivity index (χ2n) is 4.79. The fourth-order valence-electron chi connectivity index (χ4n) is 2.39. The lowest BCUT2D eigenvalue weighted by Crippen LogP contribution is -2.08. The second kappa shape index (κ2) is 7.00. The van der Waals surface area contributed by atoms with Crippen molar-refractivity contribution in [2.75, 3.05) is 0 Å². The number of aryl methyl sites for hydroxylation is 3. The molecule has 0 amide bonds. The van der Waals surface area contributed by atoms with Crippen molar-refractivity contribution in [2.45, 2.75) is 41.4 Å². The Morgan fingerprint density at radius 2 is 1.91 bits per heavy atom. The third-order valence-corrected chi connectivity index (χ3v) is 3.87. The van der Waals surface area contributed by atoms with Crippen molar-refractivity contribution in [2.24, 2.45) is 7.05 Å². The van der Waals surface area contributed by atoms with E-state index < -0.39 is 6.61 Å². The largest absolute Gasteiger partial charge is 0.417 e. The molecule has 7 heteroatoms. The molecule has 0 saturated carbocycles. The number of ether oxygens (including phenoxy) is 1. The molecule has 122 valence electrons. The van der Waals surface area contributed by atoms with Crippen LogP contribution < -0.4 is 4.74 Å². The summed E-state index contributed by atoms with van der Waals surface area (Å²) >= 11 is 5.36. The minimum Gasteiger partial charge on any atom is -0.417 e. The van der Waals surface area contributed by atoms with Gasteiger partial charge < -0.3 is 9.30 Å². The molecule has 0 fully saturated rings. The summed E-state index contributed by atoms with van der Waals surface area (Å²) in [5.74, 6) is 0.0494. The van der Waals surface area contributed by atoms with Gasteiger partial charge in [-0.25, -0.2) is 4.68 Å². The smallest absolute Gasteiger partial charge is 0.388 e. The zero-order valence-corrected chi connectivity index (χ0v) is 13.2. The van der Waals surface area contributed by atoms with Gasteiger partial charge in [0.1, 0.15) is 10.3 Å². The van der Waals surface area contributed by atoms with Crippen molar-refractivity contribution in [3.63, 3.8) is 0 Å². The van der Waals surface area contributed by atoms with E-state index in [4.69, 9.17) is 12.2 Å². The van der Waals surface area contributed by atoms with E-state index in [0.717, 1.165) is 16.8 Å². The maximum absolute atomic E-state index is 12.4. The van der Waals surface area contributed by atoms with E-state index in [1.54, 1.807) is 0 Å². The number of rotatable bonds is 4. The van der Waals surface area contributed by atoms with Crippen LogP contribution in [0.5, 0.6) is 5.88 Å². The molecule has 2 aromatic heterocycles. The normalized spacial score (nSPS) is 10.7. The number of alkyl halides is 2. The Kier molecular flexibility index (Phi) is 5.82. The average molecular weight is 329 g/mol. The van der Waals surface area contributed by atoms with E-state index in [2.05, 4.69) is 9.84 Å². The van der Waals surface area contributed by atoms with Crippen LogP contribution in [0.4, 0.5) is 8.78 Å². The molecule has 0 unspecified atom stereocenters. The number of hydrogen-bond donors (Lipinski definition) is 0. The predicted molar refractivity (Wildman–Crippen MR) is 86.0 cm³/mol. The van der Waals surface area contributed by atoms with Crippen LogP contribution in [-0.2, 0) is 13.6 Å². The fraction of sp³-hybridized carbons (Fsp3) is 0.467. The van der Waals surface area contributed by atoms with Crippen LogP contribution in [-0.4, -0.2) is 21.0 Å². The first-order valence-corrected chi connectivity index (χ1v) is 6.96. The highest BCUT2D eigenvalue weighted by Gasteiger charge is 2.17. The van der Waals surface area contributed by atoms with Gasteiger partial charge in [-0.05, 0) is 31.9 Å². The van der Waals surface area contributed by atoms with Gasteiger partial charge in [-0.2, -0.15) is 13.9 Å². The van der Waals surface area contributed by atoms with E-state index in [-0.39, 0.29) is 13.3 Å². The minimum atomic E-state index is -2.87. The zero-order valence-electron chi connectivity index (χ0n) is 12.4. The third kappa shape index (κ3) is 3.35. The Morgan fingerprint density at radius 3 is 2.45 bits per heavy atom. The summed E-state index contributed by atoms with van der Waals surface area (Å²) in [6.07, 6.45) is 0. The maximum Gasteiger partial charge on any atom is 0.388 e. The molecule has 22 heavy (non-hydrogen) atoms. The minimum absolute atomic E-state index is 0. The predicted octanol–water partition coefficient (Wildman–Crippen LogP) is 4.49. The molecule has 0 radical (unpaired) electrons. The molecule has 0 aliphatic heterocycles. The first-order valence-electron chi connectivity index (χ1n) is 6.55. The first kappa shape index (κ1) is 18.3. The van der Waals surface area contributed by atoms with Crippen molar-refractivity contribution in [1.29, 1.82) is 0 Å². The highest BCUT2D eigenvalue weighted by Crippen LogP contribution is 2.28. The van der Waals surface area contributed by atoms with Crippen molar-refractivity contribution >= 4 is 12.2 Å². The maximum atomic E-state index is 12.4. The molecule has 2 rings (SSSR count). The van der Waals surface area contributed by atoms with Gasteiger partial charge in [0.25, 0.3) is 0 Å². The number of pyridine rings is 1. The Morgan fingerprint density at radius 1 is 1.27 bits per heavy atom. The topological polar surface area (TPSA) is 32.0 Å². The summed E-state index contributed by atoms with van der Waals surface area (Å²) in [5, 5.41) is 4.34. The van der Waals surface area contributed by atoms with Crippen LogP contribution in [0.1, 0.15) is 25.5 Å². The van der Waals surface area contributed by atoms with Gasteiger partial charge in [0.05, 0.1) is 5.69 Å².